The molecular formula is C20H15FN4O4S. The molecule has 4 aromatic rings. The van der Waals surface area contributed by atoms with E-state index in [2.05, 4.69) is 15.4 Å². The largest absolute Gasteiger partial charge is 0.481 e. The quantitative estimate of drug-likeness (QED) is 0.524. The number of benzene rings is 2. The first-order chi connectivity index (χ1) is 14.6. The molecule has 5 rings (SSSR count). The lowest BCUT2D eigenvalue weighted by Gasteiger charge is -2.08. The van der Waals surface area contributed by atoms with Gasteiger partial charge in [-0.1, -0.05) is 23.5 Å². The van der Waals surface area contributed by atoms with Gasteiger partial charge in [-0.2, -0.15) is 9.78 Å². The Morgan fingerprint density at radius 2 is 2.07 bits per heavy atom. The zero-order chi connectivity index (χ0) is 20.7. The van der Waals surface area contributed by atoms with Crippen LogP contribution in [0.4, 0.5) is 10.2 Å². The van der Waals surface area contributed by atoms with Crippen molar-refractivity contribution in [3.63, 3.8) is 0 Å². The van der Waals surface area contributed by atoms with Gasteiger partial charge in [0, 0.05) is 18.2 Å². The van der Waals surface area contributed by atoms with Crippen LogP contribution < -0.4 is 19.5 Å². The average molecular weight is 426 g/mol. The van der Waals surface area contributed by atoms with E-state index in [1.165, 1.54) is 23.5 Å². The van der Waals surface area contributed by atoms with Gasteiger partial charge in [-0.15, -0.1) is 0 Å². The van der Waals surface area contributed by atoms with Crippen molar-refractivity contribution in [3.05, 3.63) is 54.0 Å². The second kappa shape index (κ2) is 7.30. The molecule has 8 nitrogen and oxygen atoms in total. The summed E-state index contributed by atoms with van der Waals surface area (Å²) in [7, 11) is 0. The van der Waals surface area contributed by atoms with Gasteiger partial charge in [-0.25, -0.2) is 9.37 Å². The van der Waals surface area contributed by atoms with E-state index in [9.17, 15) is 9.18 Å². The van der Waals surface area contributed by atoms with Crippen molar-refractivity contribution in [2.24, 2.45) is 0 Å². The van der Waals surface area contributed by atoms with Crippen molar-refractivity contribution in [2.45, 2.75) is 6.92 Å². The summed E-state index contributed by atoms with van der Waals surface area (Å²) in [4.78, 5) is 16.9. The van der Waals surface area contributed by atoms with Crippen LogP contribution in [0.5, 0.6) is 17.2 Å². The average Bonchev–Trinajstić information content (AvgIpc) is 3.43. The molecule has 0 bridgehead atoms. The van der Waals surface area contributed by atoms with Crippen LogP contribution >= 0.6 is 11.3 Å². The van der Waals surface area contributed by atoms with E-state index in [4.69, 9.17) is 14.2 Å². The Hall–Kier alpha value is -3.66. The number of halogens is 1. The van der Waals surface area contributed by atoms with Crippen LogP contribution in [0.2, 0.25) is 0 Å². The summed E-state index contributed by atoms with van der Waals surface area (Å²) >= 11 is 1.40. The maximum absolute atomic E-state index is 13.6. The van der Waals surface area contributed by atoms with Gasteiger partial charge in [0.15, 0.2) is 29.7 Å². The maximum Gasteiger partial charge on any atom is 0.263 e. The number of nitrogens with one attached hydrogen (secondary N) is 1. The molecule has 0 atom stereocenters. The molecule has 0 aliphatic carbocycles. The summed E-state index contributed by atoms with van der Waals surface area (Å²) in [6.45, 7) is 1.67. The molecule has 10 heteroatoms. The van der Waals surface area contributed by atoms with Crippen molar-refractivity contribution in [1.82, 2.24) is 14.8 Å². The predicted octanol–water partition coefficient (Wildman–Crippen LogP) is 3.68. The second-order valence-corrected chi connectivity index (χ2v) is 7.53. The van der Waals surface area contributed by atoms with Gasteiger partial charge in [-0.3, -0.25) is 4.79 Å². The Kier molecular flexibility index (Phi) is 4.47. The van der Waals surface area contributed by atoms with Crippen molar-refractivity contribution in [2.75, 3.05) is 18.7 Å². The minimum atomic E-state index is -0.527. The zero-order valence-electron chi connectivity index (χ0n) is 15.7. The van der Waals surface area contributed by atoms with Crippen LogP contribution in [-0.4, -0.2) is 34.1 Å². The number of amides is 1. The molecule has 1 aliphatic rings. The lowest BCUT2D eigenvalue weighted by Crippen LogP contribution is -2.22. The number of carbonyl (C=O) groups excluding carboxylic acids is 1. The number of anilines is 1. The molecule has 0 saturated carbocycles. The molecule has 0 spiro atoms. The van der Waals surface area contributed by atoms with E-state index in [1.54, 1.807) is 22.9 Å². The standard InChI is InChI=1S/C20H15FN4O4S/c1-11-6-18(23-19(26)9-27-14-5-3-2-4-12(14)21)25(24-11)20-22-13-7-15-16(29-10-28-15)8-17(13)30-20/h2-8H,9-10H2,1H3,(H,23,26). The number of aryl methyl sites for hydroxylation is 1. The molecule has 3 heterocycles. The van der Waals surface area contributed by atoms with Gasteiger partial charge in [-0.05, 0) is 19.1 Å². The first-order valence-corrected chi connectivity index (χ1v) is 9.83. The molecule has 2 aromatic carbocycles. The Bertz CT molecular complexity index is 1230. The number of para-hydroxylation sites is 1. The summed E-state index contributed by atoms with van der Waals surface area (Å²) in [5, 5.41) is 7.74. The first-order valence-electron chi connectivity index (χ1n) is 9.01. The van der Waals surface area contributed by atoms with Gasteiger partial charge >= 0.3 is 0 Å². The third kappa shape index (κ3) is 3.41. The van der Waals surface area contributed by atoms with Gasteiger partial charge in [0.1, 0.15) is 5.82 Å². The number of fused-ring (bicyclic) bond motifs is 2. The van der Waals surface area contributed by atoms with Gasteiger partial charge in [0.05, 0.1) is 15.9 Å². The highest BCUT2D eigenvalue weighted by molar-refractivity contribution is 7.20. The Morgan fingerprint density at radius 1 is 1.27 bits per heavy atom. The molecule has 1 amide bonds. The van der Waals surface area contributed by atoms with Gasteiger partial charge in [0.2, 0.25) is 11.9 Å². The molecule has 0 saturated heterocycles. The minimum absolute atomic E-state index is 0.0148. The molecule has 1 N–H and O–H groups in total. The Balaban J connectivity index is 1.37. The lowest BCUT2D eigenvalue weighted by atomic mass is 10.3. The number of thiazole rings is 1. The molecule has 0 unspecified atom stereocenters. The maximum atomic E-state index is 13.6. The highest BCUT2D eigenvalue weighted by Gasteiger charge is 2.19. The molecule has 152 valence electrons. The fraction of sp³-hybridized carbons (Fsp3) is 0.150. The van der Waals surface area contributed by atoms with E-state index in [1.807, 2.05) is 19.1 Å². The van der Waals surface area contributed by atoms with Crippen molar-refractivity contribution >= 4 is 33.3 Å². The number of ether oxygens (including phenoxy) is 3. The molecule has 0 radical (unpaired) electrons. The van der Waals surface area contributed by atoms with Crippen LogP contribution in [-0.2, 0) is 4.79 Å². The van der Waals surface area contributed by atoms with Crippen LogP contribution in [0, 0.1) is 12.7 Å². The number of nitrogens with zero attached hydrogens (tertiary/aromatic N) is 3. The number of carbonyl (C=O) groups is 1. The van der Waals surface area contributed by atoms with Gasteiger partial charge < -0.3 is 19.5 Å². The third-order valence-corrected chi connectivity index (χ3v) is 5.34. The van der Waals surface area contributed by atoms with Crippen molar-refractivity contribution in [1.29, 1.82) is 0 Å². The smallest absolute Gasteiger partial charge is 0.263 e. The van der Waals surface area contributed by atoms with E-state index in [0.717, 1.165) is 10.2 Å². The SMILES string of the molecule is Cc1cc(NC(=O)COc2ccccc2F)n(-c2nc3cc4c(cc3s2)OCO4)n1. The predicted molar refractivity (Wildman–Crippen MR) is 108 cm³/mol. The number of aromatic nitrogens is 3. The monoisotopic (exact) mass is 426 g/mol. The van der Waals surface area contributed by atoms with Gasteiger partial charge in [0.25, 0.3) is 5.91 Å². The highest BCUT2D eigenvalue weighted by Crippen LogP contribution is 2.38. The summed E-state index contributed by atoms with van der Waals surface area (Å²) in [5.74, 6) is 0.805. The summed E-state index contributed by atoms with van der Waals surface area (Å²) in [6, 6.07) is 11.3. The fourth-order valence-electron chi connectivity index (χ4n) is 3.01. The number of rotatable bonds is 5. The number of hydrogen-bond donors (Lipinski definition) is 1. The van der Waals surface area contributed by atoms with Crippen LogP contribution in [0.25, 0.3) is 15.3 Å². The van der Waals surface area contributed by atoms with E-state index >= 15 is 0 Å². The second-order valence-electron chi connectivity index (χ2n) is 6.52. The topological polar surface area (TPSA) is 87.5 Å². The number of hydrogen-bond acceptors (Lipinski definition) is 7. The summed E-state index contributed by atoms with van der Waals surface area (Å²) in [6.07, 6.45) is 0. The highest BCUT2D eigenvalue weighted by atomic mass is 32.1. The van der Waals surface area contributed by atoms with Crippen LogP contribution in [0.3, 0.4) is 0 Å². The van der Waals surface area contributed by atoms with Crippen molar-refractivity contribution in [3.8, 4) is 22.4 Å². The first kappa shape index (κ1) is 18.4. The van der Waals surface area contributed by atoms with E-state index < -0.39 is 11.7 Å². The van der Waals surface area contributed by atoms with Crippen LogP contribution in [0.1, 0.15) is 5.69 Å². The summed E-state index contributed by atoms with van der Waals surface area (Å²) in [5.41, 5.74) is 1.45. The van der Waals surface area contributed by atoms with Crippen molar-refractivity contribution < 1.29 is 23.4 Å². The zero-order valence-corrected chi connectivity index (χ0v) is 16.5. The molecule has 30 heavy (non-hydrogen) atoms. The fourth-order valence-corrected chi connectivity index (χ4v) is 3.96. The molecular weight excluding hydrogens is 411 g/mol. The summed E-state index contributed by atoms with van der Waals surface area (Å²) < 4.78 is 32.2. The Morgan fingerprint density at radius 3 is 2.90 bits per heavy atom. The molecule has 1 aliphatic heterocycles. The lowest BCUT2D eigenvalue weighted by molar-refractivity contribution is -0.118. The Labute approximate surface area is 173 Å². The van der Waals surface area contributed by atoms with Crippen LogP contribution in [0.15, 0.2) is 42.5 Å². The minimum Gasteiger partial charge on any atom is -0.481 e. The molecule has 2 aromatic heterocycles. The normalized spacial score (nSPS) is 12.3. The third-order valence-electron chi connectivity index (χ3n) is 4.35. The van der Waals surface area contributed by atoms with E-state index in [-0.39, 0.29) is 19.1 Å². The molecule has 0 fully saturated rings. The van der Waals surface area contributed by atoms with E-state index in [0.29, 0.717) is 28.1 Å².